The molecule has 0 fully saturated rings. The molecule has 0 radical (unpaired) electrons. The summed E-state index contributed by atoms with van der Waals surface area (Å²) in [6.45, 7) is 2.16. The first-order valence-corrected chi connectivity index (χ1v) is 6.02. The Bertz CT molecular complexity index is 392. The van der Waals surface area contributed by atoms with Crippen LogP contribution in [0.15, 0.2) is 24.3 Å². The van der Waals surface area contributed by atoms with Crippen LogP contribution in [0.25, 0.3) is 0 Å². The maximum atomic E-state index is 8.75. The number of thiophene rings is 1. The van der Waals surface area contributed by atoms with E-state index in [4.69, 9.17) is 5.26 Å². The van der Waals surface area contributed by atoms with Gasteiger partial charge in [0.25, 0.3) is 0 Å². The summed E-state index contributed by atoms with van der Waals surface area (Å²) in [5.41, 5.74) is 0. The molecule has 0 aromatic carbocycles. The molecule has 1 aromatic rings. The van der Waals surface area contributed by atoms with Gasteiger partial charge in [0.05, 0.1) is 0 Å². The van der Waals surface area contributed by atoms with Crippen molar-refractivity contribution in [3.63, 3.8) is 0 Å². The highest BCUT2D eigenvalue weighted by atomic mass is 32.1. The second kappa shape index (κ2) is 4.61. The number of rotatable bonds is 3. The summed E-state index contributed by atoms with van der Waals surface area (Å²) in [5.74, 6) is 0. The Morgan fingerprint density at radius 3 is 2.80 bits per heavy atom. The Kier molecular flexibility index (Phi) is 3.20. The Balaban J connectivity index is 1.95. The highest BCUT2D eigenvalue weighted by molar-refractivity contribution is 7.12. The van der Waals surface area contributed by atoms with Crippen LogP contribution in [-0.2, 0) is 0 Å². The maximum Gasteiger partial charge on any atom is 0.110 e. The smallest absolute Gasteiger partial charge is 0.110 e. The van der Waals surface area contributed by atoms with Gasteiger partial charge in [-0.2, -0.15) is 5.26 Å². The lowest BCUT2D eigenvalue weighted by Crippen LogP contribution is -2.28. The third kappa shape index (κ3) is 2.47. The van der Waals surface area contributed by atoms with Crippen LogP contribution in [0.2, 0.25) is 0 Å². The standard InChI is InChI=1S/C12H14N2S/c1-9(14-10-4-2-3-5-10)12-7-6-11(8-13)15-12/h2-3,6-7,9-10,14H,4-5H2,1H3. The molecular formula is C12H14N2S. The van der Waals surface area contributed by atoms with Crippen LogP contribution >= 0.6 is 11.3 Å². The number of nitriles is 1. The van der Waals surface area contributed by atoms with Crippen LogP contribution in [0.4, 0.5) is 0 Å². The number of hydrogen-bond acceptors (Lipinski definition) is 3. The zero-order valence-electron chi connectivity index (χ0n) is 8.73. The minimum absolute atomic E-state index is 0.349. The zero-order chi connectivity index (χ0) is 10.7. The molecule has 1 aliphatic rings. The fraction of sp³-hybridized carbons (Fsp3) is 0.417. The van der Waals surface area contributed by atoms with E-state index < -0.39 is 0 Å². The molecule has 3 heteroatoms. The van der Waals surface area contributed by atoms with Crippen LogP contribution in [0.5, 0.6) is 0 Å². The monoisotopic (exact) mass is 218 g/mol. The lowest BCUT2D eigenvalue weighted by molar-refractivity contribution is 0.476. The average molecular weight is 218 g/mol. The highest BCUT2D eigenvalue weighted by Gasteiger charge is 2.15. The molecule has 1 aromatic heterocycles. The fourth-order valence-electron chi connectivity index (χ4n) is 1.83. The van der Waals surface area contributed by atoms with Gasteiger partial charge in [-0.3, -0.25) is 0 Å². The van der Waals surface area contributed by atoms with Crippen molar-refractivity contribution in [3.05, 3.63) is 34.0 Å². The Hall–Kier alpha value is -1.11. The number of nitrogens with one attached hydrogen (secondary N) is 1. The first-order chi connectivity index (χ1) is 7.29. The summed E-state index contributed by atoms with van der Waals surface area (Å²) >= 11 is 1.58. The molecule has 15 heavy (non-hydrogen) atoms. The number of hydrogen-bond donors (Lipinski definition) is 1. The van der Waals surface area contributed by atoms with Gasteiger partial charge >= 0.3 is 0 Å². The van der Waals surface area contributed by atoms with E-state index >= 15 is 0 Å². The van der Waals surface area contributed by atoms with Crippen molar-refractivity contribution in [1.82, 2.24) is 5.32 Å². The summed E-state index contributed by atoms with van der Waals surface area (Å²) in [6, 6.07) is 7.04. The van der Waals surface area contributed by atoms with Crippen molar-refractivity contribution < 1.29 is 0 Å². The Morgan fingerprint density at radius 2 is 2.20 bits per heavy atom. The third-order valence-corrected chi connectivity index (χ3v) is 3.83. The van der Waals surface area contributed by atoms with Crippen LogP contribution in [-0.4, -0.2) is 6.04 Å². The minimum atomic E-state index is 0.349. The molecule has 0 amide bonds. The molecular weight excluding hydrogens is 204 g/mol. The Labute approximate surface area is 94.2 Å². The van der Waals surface area contributed by atoms with Gasteiger partial charge < -0.3 is 5.32 Å². The van der Waals surface area contributed by atoms with E-state index in [1.807, 2.05) is 12.1 Å². The zero-order valence-corrected chi connectivity index (χ0v) is 9.55. The predicted molar refractivity (Wildman–Crippen MR) is 62.7 cm³/mol. The lowest BCUT2D eigenvalue weighted by atomic mass is 10.2. The number of nitrogens with zero attached hydrogens (tertiary/aromatic N) is 1. The predicted octanol–water partition coefficient (Wildman–Crippen LogP) is 2.99. The summed E-state index contributed by atoms with van der Waals surface area (Å²) < 4.78 is 0. The second-order valence-corrected chi connectivity index (χ2v) is 4.96. The van der Waals surface area contributed by atoms with E-state index in [2.05, 4.69) is 30.5 Å². The fourth-order valence-corrected chi connectivity index (χ4v) is 2.65. The van der Waals surface area contributed by atoms with Crippen LogP contribution < -0.4 is 5.32 Å². The topological polar surface area (TPSA) is 35.8 Å². The van der Waals surface area contributed by atoms with Gasteiger partial charge in [0.2, 0.25) is 0 Å². The van der Waals surface area contributed by atoms with Gasteiger partial charge in [0.1, 0.15) is 10.9 Å². The molecule has 1 N–H and O–H groups in total. The molecule has 1 aliphatic carbocycles. The summed E-state index contributed by atoms with van der Waals surface area (Å²) in [4.78, 5) is 2.04. The van der Waals surface area contributed by atoms with Crippen LogP contribution in [0.1, 0.15) is 35.6 Å². The van der Waals surface area contributed by atoms with E-state index in [0.29, 0.717) is 12.1 Å². The molecule has 2 nitrogen and oxygen atoms in total. The molecule has 0 spiro atoms. The SMILES string of the molecule is CC(NC1CC=CC1)c1ccc(C#N)s1. The first kappa shape index (κ1) is 10.4. The average Bonchev–Trinajstić information content (AvgIpc) is 2.86. The largest absolute Gasteiger partial charge is 0.306 e. The van der Waals surface area contributed by atoms with Crippen LogP contribution in [0.3, 0.4) is 0 Å². The van der Waals surface area contributed by atoms with E-state index in [-0.39, 0.29) is 0 Å². The van der Waals surface area contributed by atoms with Crippen molar-refractivity contribution in [3.8, 4) is 6.07 Å². The van der Waals surface area contributed by atoms with Crippen LogP contribution in [0, 0.1) is 11.3 Å². The molecule has 1 atom stereocenters. The molecule has 0 aliphatic heterocycles. The summed E-state index contributed by atoms with van der Waals surface area (Å²) in [7, 11) is 0. The molecule has 0 saturated heterocycles. The Morgan fingerprint density at radius 1 is 1.47 bits per heavy atom. The van der Waals surface area contributed by atoms with E-state index in [1.54, 1.807) is 11.3 Å². The van der Waals surface area contributed by atoms with Crippen molar-refractivity contribution >= 4 is 11.3 Å². The molecule has 2 rings (SSSR count). The van der Waals surface area contributed by atoms with Gasteiger partial charge in [0, 0.05) is 17.0 Å². The van der Waals surface area contributed by atoms with E-state index in [9.17, 15) is 0 Å². The van der Waals surface area contributed by atoms with E-state index in [0.717, 1.165) is 17.7 Å². The molecule has 1 heterocycles. The summed E-state index contributed by atoms with van der Waals surface area (Å²) in [5, 5.41) is 12.3. The third-order valence-electron chi connectivity index (χ3n) is 2.66. The maximum absolute atomic E-state index is 8.75. The van der Waals surface area contributed by atoms with Gasteiger partial charge in [-0.1, -0.05) is 12.2 Å². The highest BCUT2D eigenvalue weighted by Crippen LogP contribution is 2.24. The van der Waals surface area contributed by atoms with E-state index in [1.165, 1.54) is 4.88 Å². The van der Waals surface area contributed by atoms with Gasteiger partial charge in [-0.25, -0.2) is 0 Å². The summed E-state index contributed by atoms with van der Waals surface area (Å²) in [6.07, 6.45) is 6.70. The van der Waals surface area contributed by atoms with Crippen molar-refractivity contribution in [2.45, 2.75) is 31.8 Å². The van der Waals surface area contributed by atoms with Gasteiger partial charge in [-0.15, -0.1) is 11.3 Å². The molecule has 0 saturated carbocycles. The first-order valence-electron chi connectivity index (χ1n) is 5.20. The van der Waals surface area contributed by atoms with Gasteiger partial charge in [-0.05, 0) is 31.9 Å². The lowest BCUT2D eigenvalue weighted by Gasteiger charge is -2.17. The quantitative estimate of drug-likeness (QED) is 0.792. The van der Waals surface area contributed by atoms with Crippen molar-refractivity contribution in [1.29, 1.82) is 5.26 Å². The minimum Gasteiger partial charge on any atom is -0.306 e. The van der Waals surface area contributed by atoms with Crippen molar-refractivity contribution in [2.24, 2.45) is 0 Å². The normalized spacial score (nSPS) is 17.9. The molecule has 0 bridgehead atoms. The van der Waals surface area contributed by atoms with Gasteiger partial charge in [0.15, 0.2) is 0 Å². The second-order valence-electron chi connectivity index (χ2n) is 3.84. The molecule has 1 unspecified atom stereocenters. The molecule has 78 valence electrons. The van der Waals surface area contributed by atoms with Crippen molar-refractivity contribution in [2.75, 3.05) is 0 Å².